The average molecular weight is 280 g/mol. The maximum Gasteiger partial charge on any atom is 0.303 e. The number of halogens is 4. The van der Waals surface area contributed by atoms with Gasteiger partial charge in [0.1, 0.15) is 6.61 Å². The van der Waals surface area contributed by atoms with Crippen LogP contribution in [-0.4, -0.2) is 23.5 Å². The summed E-state index contributed by atoms with van der Waals surface area (Å²) in [4.78, 5) is 21.3. The summed E-state index contributed by atoms with van der Waals surface area (Å²) < 4.78 is 56.1. The van der Waals surface area contributed by atoms with E-state index in [1.807, 2.05) is 0 Å². The number of hydrogen-bond acceptors (Lipinski definition) is 3. The molecular weight excluding hydrogens is 272 g/mol. The minimum Gasteiger partial charge on any atom is -0.481 e. The van der Waals surface area contributed by atoms with Crippen LogP contribution in [0.1, 0.15) is 12.8 Å². The van der Waals surface area contributed by atoms with Gasteiger partial charge < -0.3 is 9.84 Å². The average Bonchev–Trinajstić information content (AvgIpc) is 2.34. The molecule has 0 aliphatic heterocycles. The van der Waals surface area contributed by atoms with Gasteiger partial charge in [-0.25, -0.2) is 8.78 Å². The van der Waals surface area contributed by atoms with Crippen LogP contribution in [0, 0.1) is 23.3 Å². The molecular formula is C11H8F4O4. The van der Waals surface area contributed by atoms with Crippen LogP contribution in [0.25, 0.3) is 0 Å². The van der Waals surface area contributed by atoms with Crippen molar-refractivity contribution in [2.75, 3.05) is 6.61 Å². The number of hydrogen-bond donors (Lipinski definition) is 1. The summed E-state index contributed by atoms with van der Waals surface area (Å²) in [5.41, 5.74) is 0. The van der Waals surface area contributed by atoms with Gasteiger partial charge in [-0.15, -0.1) is 0 Å². The van der Waals surface area contributed by atoms with E-state index in [2.05, 4.69) is 4.74 Å². The van der Waals surface area contributed by atoms with Crippen LogP contribution < -0.4 is 4.74 Å². The maximum atomic E-state index is 13.1. The molecule has 104 valence electrons. The van der Waals surface area contributed by atoms with Crippen molar-refractivity contribution in [1.29, 1.82) is 0 Å². The van der Waals surface area contributed by atoms with E-state index in [9.17, 15) is 27.2 Å². The SMILES string of the molecule is O=C(O)CCC(=O)COc1c(F)c(F)cc(F)c1F. The molecule has 4 nitrogen and oxygen atoms in total. The van der Waals surface area contributed by atoms with Crippen LogP contribution in [0.2, 0.25) is 0 Å². The number of rotatable bonds is 6. The zero-order valence-corrected chi connectivity index (χ0v) is 9.38. The summed E-state index contributed by atoms with van der Waals surface area (Å²) in [6.45, 7) is -0.885. The molecule has 19 heavy (non-hydrogen) atoms. The monoisotopic (exact) mass is 280 g/mol. The first kappa shape index (κ1) is 14.9. The Morgan fingerprint density at radius 1 is 1.05 bits per heavy atom. The van der Waals surface area contributed by atoms with E-state index in [0.29, 0.717) is 0 Å². The minimum absolute atomic E-state index is 0.00375. The van der Waals surface area contributed by atoms with Gasteiger partial charge in [0, 0.05) is 12.5 Å². The van der Waals surface area contributed by atoms with Crippen molar-refractivity contribution in [3.63, 3.8) is 0 Å². The number of carbonyl (C=O) groups excluding carboxylic acids is 1. The van der Waals surface area contributed by atoms with Crippen LogP contribution >= 0.6 is 0 Å². The summed E-state index contributed by atoms with van der Waals surface area (Å²) in [6, 6.07) is 0.00375. The Balaban J connectivity index is 2.73. The smallest absolute Gasteiger partial charge is 0.303 e. The molecule has 0 fully saturated rings. The van der Waals surface area contributed by atoms with Crippen molar-refractivity contribution < 1.29 is 37.0 Å². The fourth-order valence-electron chi connectivity index (χ4n) is 1.15. The third kappa shape index (κ3) is 3.94. The highest BCUT2D eigenvalue weighted by Crippen LogP contribution is 2.26. The number of carboxylic acid groups (broad SMARTS) is 1. The maximum absolute atomic E-state index is 13.1. The predicted molar refractivity (Wildman–Crippen MR) is 53.6 cm³/mol. The molecule has 0 heterocycles. The number of aliphatic carboxylic acids is 1. The van der Waals surface area contributed by atoms with E-state index in [-0.39, 0.29) is 6.07 Å². The van der Waals surface area contributed by atoms with Gasteiger partial charge >= 0.3 is 5.97 Å². The summed E-state index contributed by atoms with van der Waals surface area (Å²) >= 11 is 0. The standard InChI is InChI=1S/C11H8F4O4/c12-6-3-7(13)10(15)11(9(6)14)19-4-5(16)1-2-8(17)18/h3H,1-2,4H2,(H,17,18). The number of carboxylic acids is 1. The Labute approximate surface area is 104 Å². The summed E-state index contributed by atoms with van der Waals surface area (Å²) in [7, 11) is 0. The van der Waals surface area contributed by atoms with Crippen LogP contribution in [0.3, 0.4) is 0 Å². The molecule has 1 rings (SSSR count). The van der Waals surface area contributed by atoms with E-state index in [0.717, 1.165) is 0 Å². The Morgan fingerprint density at radius 3 is 2.05 bits per heavy atom. The fraction of sp³-hybridized carbons (Fsp3) is 0.273. The third-order valence-corrected chi connectivity index (χ3v) is 2.07. The van der Waals surface area contributed by atoms with Gasteiger partial charge in [0.05, 0.1) is 6.42 Å². The summed E-state index contributed by atoms with van der Waals surface area (Å²) in [6.07, 6.45) is -0.902. The number of carbonyl (C=O) groups is 2. The number of ketones is 1. The van der Waals surface area contributed by atoms with Crippen molar-refractivity contribution in [1.82, 2.24) is 0 Å². The van der Waals surface area contributed by atoms with Gasteiger partial charge in [0.15, 0.2) is 23.2 Å². The fourth-order valence-corrected chi connectivity index (χ4v) is 1.15. The molecule has 0 bridgehead atoms. The van der Waals surface area contributed by atoms with E-state index in [1.165, 1.54) is 0 Å². The zero-order chi connectivity index (χ0) is 14.6. The van der Waals surface area contributed by atoms with E-state index < -0.39 is 60.2 Å². The van der Waals surface area contributed by atoms with E-state index in [4.69, 9.17) is 5.11 Å². The Hall–Kier alpha value is -2.12. The second-order valence-corrected chi connectivity index (χ2v) is 3.52. The van der Waals surface area contributed by atoms with Crippen molar-refractivity contribution in [2.45, 2.75) is 12.8 Å². The highest BCUT2D eigenvalue weighted by Gasteiger charge is 2.21. The van der Waals surface area contributed by atoms with Crippen molar-refractivity contribution in [3.05, 3.63) is 29.3 Å². The van der Waals surface area contributed by atoms with Crippen LogP contribution in [0.4, 0.5) is 17.6 Å². The Bertz CT molecular complexity index is 490. The molecule has 0 spiro atoms. The molecule has 0 aliphatic carbocycles. The van der Waals surface area contributed by atoms with E-state index >= 15 is 0 Å². The predicted octanol–water partition coefficient (Wildman–Crippen LogP) is 2.06. The first-order chi connectivity index (χ1) is 8.82. The quantitative estimate of drug-likeness (QED) is 0.640. The van der Waals surface area contributed by atoms with Crippen LogP contribution in [-0.2, 0) is 9.59 Å². The van der Waals surface area contributed by atoms with Crippen LogP contribution in [0.15, 0.2) is 6.07 Å². The molecule has 8 heteroatoms. The number of ether oxygens (including phenoxy) is 1. The third-order valence-electron chi connectivity index (χ3n) is 2.07. The normalized spacial score (nSPS) is 10.3. The Morgan fingerprint density at radius 2 is 1.58 bits per heavy atom. The summed E-state index contributed by atoms with van der Waals surface area (Å²) in [5, 5.41) is 8.30. The van der Waals surface area contributed by atoms with Gasteiger partial charge in [-0.3, -0.25) is 9.59 Å². The van der Waals surface area contributed by atoms with Gasteiger partial charge in [0.2, 0.25) is 11.6 Å². The second kappa shape index (κ2) is 6.17. The van der Waals surface area contributed by atoms with Crippen molar-refractivity contribution in [2.24, 2.45) is 0 Å². The number of benzene rings is 1. The first-order valence-corrected chi connectivity index (χ1v) is 5.02. The van der Waals surface area contributed by atoms with Crippen molar-refractivity contribution in [3.8, 4) is 5.75 Å². The van der Waals surface area contributed by atoms with Gasteiger partial charge in [0.25, 0.3) is 0 Å². The lowest BCUT2D eigenvalue weighted by atomic mass is 10.2. The highest BCUT2D eigenvalue weighted by molar-refractivity contribution is 5.83. The molecule has 0 saturated heterocycles. The molecule has 0 amide bonds. The van der Waals surface area contributed by atoms with Crippen LogP contribution in [0.5, 0.6) is 5.75 Å². The van der Waals surface area contributed by atoms with Gasteiger partial charge in [-0.2, -0.15) is 8.78 Å². The molecule has 1 aromatic rings. The van der Waals surface area contributed by atoms with Gasteiger partial charge in [-0.1, -0.05) is 0 Å². The lowest BCUT2D eigenvalue weighted by Crippen LogP contribution is -2.15. The minimum atomic E-state index is -1.76. The Kier molecular flexibility index (Phi) is 4.85. The second-order valence-electron chi connectivity index (χ2n) is 3.52. The molecule has 0 aliphatic rings. The lowest BCUT2D eigenvalue weighted by molar-refractivity contribution is -0.138. The van der Waals surface area contributed by atoms with Crippen molar-refractivity contribution >= 4 is 11.8 Å². The number of Topliss-reactive ketones (excluding diaryl/α,β-unsaturated/α-hetero) is 1. The zero-order valence-electron chi connectivity index (χ0n) is 9.38. The van der Waals surface area contributed by atoms with Gasteiger partial charge in [-0.05, 0) is 0 Å². The lowest BCUT2D eigenvalue weighted by Gasteiger charge is -2.08. The highest BCUT2D eigenvalue weighted by atomic mass is 19.2. The first-order valence-electron chi connectivity index (χ1n) is 5.02. The topological polar surface area (TPSA) is 63.6 Å². The summed E-state index contributed by atoms with van der Waals surface area (Å²) in [5.74, 6) is -10.2. The molecule has 0 atom stereocenters. The largest absolute Gasteiger partial charge is 0.481 e. The molecule has 0 saturated carbocycles. The van der Waals surface area contributed by atoms with E-state index in [1.54, 1.807) is 0 Å². The molecule has 0 radical (unpaired) electrons. The molecule has 1 N–H and O–H groups in total. The molecule has 0 aromatic heterocycles. The molecule has 0 unspecified atom stereocenters. The molecule has 1 aromatic carbocycles.